The zero-order valence-corrected chi connectivity index (χ0v) is 11.6. The monoisotopic (exact) mass is 276 g/mol. The lowest BCUT2D eigenvalue weighted by molar-refractivity contribution is -0.384. The van der Waals surface area contributed by atoms with E-state index in [9.17, 15) is 14.9 Å². The minimum Gasteiger partial charge on any atom is -0.444 e. The molecule has 0 saturated heterocycles. The maximum Gasteiger partial charge on any atom is 0.408 e. The van der Waals surface area contributed by atoms with Crippen molar-refractivity contribution in [3.05, 3.63) is 39.9 Å². The second-order valence-electron chi connectivity index (χ2n) is 4.96. The van der Waals surface area contributed by atoms with Gasteiger partial charge in [-0.15, -0.1) is 0 Å². The lowest BCUT2D eigenvalue weighted by Crippen LogP contribution is -2.32. The van der Waals surface area contributed by atoms with Gasteiger partial charge in [0, 0.05) is 17.7 Å². The van der Waals surface area contributed by atoms with Gasteiger partial charge >= 0.3 is 6.09 Å². The maximum absolute atomic E-state index is 11.3. The van der Waals surface area contributed by atoms with Crippen molar-refractivity contribution in [3.8, 4) is 11.8 Å². The molecule has 106 valence electrons. The molecule has 0 fully saturated rings. The molecule has 0 heterocycles. The van der Waals surface area contributed by atoms with Gasteiger partial charge in [-0.25, -0.2) is 4.79 Å². The summed E-state index contributed by atoms with van der Waals surface area (Å²) in [6.45, 7) is 5.46. The molecule has 0 bridgehead atoms. The van der Waals surface area contributed by atoms with Gasteiger partial charge in [0.25, 0.3) is 5.69 Å². The zero-order chi connectivity index (χ0) is 15.2. The molecule has 1 rings (SSSR count). The van der Waals surface area contributed by atoms with E-state index in [1.807, 2.05) is 0 Å². The van der Waals surface area contributed by atoms with E-state index < -0.39 is 16.6 Å². The number of ether oxygens (including phenoxy) is 1. The molecule has 6 nitrogen and oxygen atoms in total. The van der Waals surface area contributed by atoms with Gasteiger partial charge in [0.1, 0.15) is 5.60 Å². The Morgan fingerprint density at radius 3 is 2.45 bits per heavy atom. The summed E-state index contributed by atoms with van der Waals surface area (Å²) < 4.78 is 5.04. The summed E-state index contributed by atoms with van der Waals surface area (Å²) in [4.78, 5) is 21.3. The second kappa shape index (κ2) is 6.57. The van der Waals surface area contributed by atoms with E-state index in [-0.39, 0.29) is 12.2 Å². The molecule has 0 aliphatic heterocycles. The van der Waals surface area contributed by atoms with Crippen LogP contribution in [0.3, 0.4) is 0 Å². The number of non-ortho nitro benzene ring substituents is 1. The van der Waals surface area contributed by atoms with Crippen molar-refractivity contribution >= 4 is 11.8 Å². The minimum atomic E-state index is -0.546. The highest BCUT2D eigenvalue weighted by molar-refractivity contribution is 5.68. The van der Waals surface area contributed by atoms with Crippen molar-refractivity contribution in [2.75, 3.05) is 6.54 Å². The topological polar surface area (TPSA) is 81.5 Å². The molecule has 0 aliphatic rings. The van der Waals surface area contributed by atoms with Crippen LogP contribution in [-0.4, -0.2) is 23.2 Å². The van der Waals surface area contributed by atoms with Gasteiger partial charge in [-0.3, -0.25) is 10.1 Å². The summed E-state index contributed by atoms with van der Waals surface area (Å²) >= 11 is 0. The fraction of sp³-hybridized carbons (Fsp3) is 0.357. The Labute approximate surface area is 117 Å². The molecular weight excluding hydrogens is 260 g/mol. The number of rotatable bonds is 2. The lowest BCUT2D eigenvalue weighted by atomic mass is 10.2. The Balaban J connectivity index is 2.47. The van der Waals surface area contributed by atoms with Crippen molar-refractivity contribution in [2.45, 2.75) is 26.4 Å². The van der Waals surface area contributed by atoms with E-state index in [4.69, 9.17) is 4.74 Å². The van der Waals surface area contributed by atoms with Crippen molar-refractivity contribution in [1.29, 1.82) is 0 Å². The van der Waals surface area contributed by atoms with Crippen LogP contribution in [0.2, 0.25) is 0 Å². The standard InChI is InChI=1S/C14H16N2O4/c1-14(2,3)20-13(17)15-10-4-5-11-6-8-12(9-7-11)16(18)19/h6-9H,10H2,1-3H3,(H,15,17). The highest BCUT2D eigenvalue weighted by Gasteiger charge is 2.14. The number of nitro groups is 1. The third-order valence-corrected chi connectivity index (χ3v) is 2.03. The summed E-state index contributed by atoms with van der Waals surface area (Å²) in [7, 11) is 0. The average molecular weight is 276 g/mol. The molecule has 0 atom stereocenters. The first-order chi connectivity index (χ1) is 9.28. The van der Waals surface area contributed by atoms with E-state index in [2.05, 4.69) is 17.2 Å². The molecule has 1 amide bonds. The summed E-state index contributed by atoms with van der Waals surface area (Å²) in [5.74, 6) is 5.52. The quantitative estimate of drug-likeness (QED) is 0.511. The van der Waals surface area contributed by atoms with Gasteiger partial charge in [0.05, 0.1) is 11.5 Å². The number of hydrogen-bond acceptors (Lipinski definition) is 4. The van der Waals surface area contributed by atoms with Crippen LogP contribution in [0.15, 0.2) is 24.3 Å². The Hall–Kier alpha value is -2.55. The normalized spacial score (nSPS) is 10.2. The van der Waals surface area contributed by atoms with E-state index in [1.54, 1.807) is 32.9 Å². The van der Waals surface area contributed by atoms with E-state index in [1.165, 1.54) is 12.1 Å². The van der Waals surface area contributed by atoms with Crippen molar-refractivity contribution in [1.82, 2.24) is 5.32 Å². The summed E-state index contributed by atoms with van der Waals surface area (Å²) in [5, 5.41) is 13.0. The van der Waals surface area contributed by atoms with E-state index in [0.717, 1.165) is 0 Å². The van der Waals surface area contributed by atoms with E-state index >= 15 is 0 Å². The Morgan fingerprint density at radius 2 is 1.95 bits per heavy atom. The first-order valence-electron chi connectivity index (χ1n) is 5.98. The number of nitrogens with one attached hydrogen (secondary N) is 1. The van der Waals surface area contributed by atoms with Crippen molar-refractivity contribution in [3.63, 3.8) is 0 Å². The molecular formula is C14H16N2O4. The van der Waals surface area contributed by atoms with Crippen LogP contribution < -0.4 is 5.32 Å². The van der Waals surface area contributed by atoms with Gasteiger partial charge in [-0.2, -0.15) is 0 Å². The number of carbonyl (C=O) groups excluding carboxylic acids is 1. The molecule has 1 aromatic rings. The molecule has 20 heavy (non-hydrogen) atoms. The Bertz CT molecular complexity index is 547. The first-order valence-corrected chi connectivity index (χ1v) is 5.98. The third kappa shape index (κ3) is 5.87. The smallest absolute Gasteiger partial charge is 0.408 e. The van der Waals surface area contributed by atoms with Crippen LogP contribution in [0.25, 0.3) is 0 Å². The van der Waals surface area contributed by atoms with Crippen LogP contribution in [0.4, 0.5) is 10.5 Å². The third-order valence-electron chi connectivity index (χ3n) is 2.03. The van der Waals surface area contributed by atoms with Crippen LogP contribution >= 0.6 is 0 Å². The number of carbonyl (C=O) groups is 1. The minimum absolute atomic E-state index is 0.0161. The molecule has 0 aromatic heterocycles. The molecule has 1 N–H and O–H groups in total. The van der Waals surface area contributed by atoms with Crippen molar-refractivity contribution < 1.29 is 14.5 Å². The molecule has 0 unspecified atom stereocenters. The molecule has 0 radical (unpaired) electrons. The number of alkyl carbamates (subject to hydrolysis) is 1. The van der Waals surface area contributed by atoms with E-state index in [0.29, 0.717) is 5.56 Å². The zero-order valence-electron chi connectivity index (χ0n) is 11.6. The summed E-state index contributed by atoms with van der Waals surface area (Å²) in [6.07, 6.45) is -0.532. The number of amides is 1. The predicted octanol–water partition coefficient (Wildman–Crippen LogP) is 2.47. The predicted molar refractivity (Wildman–Crippen MR) is 74.2 cm³/mol. The fourth-order valence-electron chi connectivity index (χ4n) is 1.24. The molecule has 1 aromatic carbocycles. The average Bonchev–Trinajstić information content (AvgIpc) is 2.33. The van der Waals surface area contributed by atoms with Crippen LogP contribution in [0.5, 0.6) is 0 Å². The second-order valence-corrected chi connectivity index (χ2v) is 4.96. The molecule has 0 aliphatic carbocycles. The number of hydrogen-bond donors (Lipinski definition) is 1. The van der Waals surface area contributed by atoms with Gasteiger partial charge in [-0.05, 0) is 32.9 Å². The lowest BCUT2D eigenvalue weighted by Gasteiger charge is -2.18. The number of nitro benzene ring substituents is 1. The Kier molecular flexibility index (Phi) is 5.09. The number of nitrogens with zero attached hydrogens (tertiary/aromatic N) is 1. The SMILES string of the molecule is CC(C)(C)OC(=O)NCC#Cc1ccc([N+](=O)[O-])cc1. The van der Waals surface area contributed by atoms with Gasteiger partial charge in [0.15, 0.2) is 0 Å². The van der Waals surface area contributed by atoms with Gasteiger partial charge in [0.2, 0.25) is 0 Å². The fourth-order valence-corrected chi connectivity index (χ4v) is 1.24. The summed E-state index contributed by atoms with van der Waals surface area (Å²) in [5.41, 5.74) is 0.111. The highest BCUT2D eigenvalue weighted by Crippen LogP contribution is 2.10. The largest absolute Gasteiger partial charge is 0.444 e. The Morgan fingerprint density at radius 1 is 1.35 bits per heavy atom. The maximum atomic E-state index is 11.3. The molecule has 0 spiro atoms. The first kappa shape index (κ1) is 15.5. The number of benzene rings is 1. The van der Waals surface area contributed by atoms with Crippen molar-refractivity contribution in [2.24, 2.45) is 0 Å². The summed E-state index contributed by atoms with van der Waals surface area (Å²) in [6, 6.07) is 5.87. The molecule has 6 heteroatoms. The van der Waals surface area contributed by atoms with Crippen LogP contribution in [0, 0.1) is 22.0 Å². The van der Waals surface area contributed by atoms with Crippen LogP contribution in [-0.2, 0) is 4.74 Å². The van der Waals surface area contributed by atoms with Crippen LogP contribution in [0.1, 0.15) is 26.3 Å². The van der Waals surface area contributed by atoms with Gasteiger partial charge < -0.3 is 10.1 Å². The van der Waals surface area contributed by atoms with Gasteiger partial charge in [-0.1, -0.05) is 11.8 Å². The molecule has 0 saturated carbocycles. The highest BCUT2D eigenvalue weighted by atomic mass is 16.6.